The van der Waals surface area contributed by atoms with Crippen molar-refractivity contribution in [2.75, 3.05) is 13.6 Å². The third-order valence-corrected chi connectivity index (χ3v) is 4.45. The molecule has 3 rings (SSSR count). The smallest absolute Gasteiger partial charge is 0.134 e. The summed E-state index contributed by atoms with van der Waals surface area (Å²) >= 11 is 0. The van der Waals surface area contributed by atoms with E-state index in [1.807, 2.05) is 19.5 Å². The molecule has 0 spiro atoms. The van der Waals surface area contributed by atoms with Crippen molar-refractivity contribution in [1.29, 1.82) is 0 Å². The fourth-order valence-electron chi connectivity index (χ4n) is 2.74. The van der Waals surface area contributed by atoms with Crippen LogP contribution in [0.5, 0.6) is 0 Å². The van der Waals surface area contributed by atoms with Gasteiger partial charge in [0.25, 0.3) is 0 Å². The lowest BCUT2D eigenvalue weighted by atomic mass is 10.0. The van der Waals surface area contributed by atoms with E-state index in [2.05, 4.69) is 67.1 Å². The predicted molar refractivity (Wildman–Crippen MR) is 101 cm³/mol. The third-order valence-electron chi connectivity index (χ3n) is 4.45. The first-order chi connectivity index (χ1) is 11.6. The van der Waals surface area contributed by atoms with Crippen molar-refractivity contribution in [1.82, 2.24) is 4.90 Å². The second kappa shape index (κ2) is 6.91. The number of benzene rings is 2. The van der Waals surface area contributed by atoms with Crippen molar-refractivity contribution >= 4 is 23.0 Å². The molecule has 0 atom stereocenters. The summed E-state index contributed by atoms with van der Waals surface area (Å²) in [5, 5.41) is 1.15. The molecule has 3 nitrogen and oxygen atoms in total. The summed E-state index contributed by atoms with van der Waals surface area (Å²) in [7, 11) is 2.03. The molecule has 3 aromatic rings. The summed E-state index contributed by atoms with van der Waals surface area (Å²) in [6.45, 7) is 7.26. The average Bonchev–Trinajstić information content (AvgIpc) is 2.88. The van der Waals surface area contributed by atoms with Crippen LogP contribution in [-0.2, 0) is 6.42 Å². The van der Waals surface area contributed by atoms with Gasteiger partial charge in [0.15, 0.2) is 0 Å². The quantitative estimate of drug-likeness (QED) is 0.474. The van der Waals surface area contributed by atoms with Crippen molar-refractivity contribution in [3.05, 3.63) is 64.9 Å². The monoisotopic (exact) mass is 320 g/mol. The van der Waals surface area contributed by atoms with Gasteiger partial charge in [-0.1, -0.05) is 30.3 Å². The Hall–Kier alpha value is -2.55. The van der Waals surface area contributed by atoms with E-state index < -0.39 is 0 Å². The van der Waals surface area contributed by atoms with Crippen molar-refractivity contribution < 1.29 is 4.42 Å². The number of rotatable bonds is 5. The SMILES string of the molecule is CCN(C)/C=N\c1cc2c(C)c(Cc3ccccc3)oc2cc1C. The number of aliphatic imine (C=N–C) groups is 1. The molecule has 3 heteroatoms. The average molecular weight is 320 g/mol. The zero-order valence-electron chi connectivity index (χ0n) is 14.8. The van der Waals surface area contributed by atoms with Crippen LogP contribution in [0.1, 0.15) is 29.4 Å². The molecule has 24 heavy (non-hydrogen) atoms. The normalized spacial score (nSPS) is 11.5. The Morgan fingerprint density at radius 2 is 1.88 bits per heavy atom. The lowest BCUT2D eigenvalue weighted by Crippen LogP contribution is -2.14. The zero-order valence-corrected chi connectivity index (χ0v) is 14.8. The fraction of sp³-hybridized carbons (Fsp3) is 0.286. The largest absolute Gasteiger partial charge is 0.460 e. The highest BCUT2D eigenvalue weighted by Crippen LogP contribution is 2.32. The number of fused-ring (bicyclic) bond motifs is 1. The summed E-state index contributed by atoms with van der Waals surface area (Å²) < 4.78 is 6.12. The van der Waals surface area contributed by atoms with Crippen LogP contribution in [0.3, 0.4) is 0 Å². The van der Waals surface area contributed by atoms with E-state index in [0.717, 1.165) is 40.9 Å². The Bertz CT molecular complexity index is 862. The molecule has 1 aromatic heterocycles. The molecule has 0 aliphatic carbocycles. The van der Waals surface area contributed by atoms with Crippen LogP contribution in [-0.4, -0.2) is 24.8 Å². The van der Waals surface area contributed by atoms with Crippen LogP contribution in [0, 0.1) is 13.8 Å². The molecular formula is C21H24N2O. The molecular weight excluding hydrogens is 296 g/mol. The lowest BCUT2D eigenvalue weighted by Gasteiger charge is -2.08. The highest BCUT2D eigenvalue weighted by atomic mass is 16.3. The van der Waals surface area contributed by atoms with Gasteiger partial charge in [-0.15, -0.1) is 0 Å². The molecule has 2 aromatic carbocycles. The van der Waals surface area contributed by atoms with Crippen molar-refractivity contribution in [3.63, 3.8) is 0 Å². The lowest BCUT2D eigenvalue weighted by molar-refractivity contribution is 0.552. The van der Waals surface area contributed by atoms with Gasteiger partial charge in [-0.2, -0.15) is 0 Å². The van der Waals surface area contributed by atoms with Gasteiger partial charge in [0, 0.05) is 25.4 Å². The number of nitrogens with zero attached hydrogens (tertiary/aromatic N) is 2. The summed E-state index contributed by atoms with van der Waals surface area (Å²) in [5.41, 5.74) is 5.54. The van der Waals surface area contributed by atoms with Crippen molar-refractivity contribution in [3.8, 4) is 0 Å². The van der Waals surface area contributed by atoms with E-state index in [9.17, 15) is 0 Å². The second-order valence-electron chi connectivity index (χ2n) is 6.27. The third kappa shape index (κ3) is 3.35. The summed E-state index contributed by atoms with van der Waals surface area (Å²) in [6.07, 6.45) is 2.70. The Morgan fingerprint density at radius 1 is 1.12 bits per heavy atom. The summed E-state index contributed by atoms with van der Waals surface area (Å²) in [4.78, 5) is 6.68. The molecule has 124 valence electrons. The predicted octanol–water partition coefficient (Wildman–Crippen LogP) is 5.25. The van der Waals surface area contributed by atoms with E-state index >= 15 is 0 Å². The van der Waals surface area contributed by atoms with Crippen LogP contribution >= 0.6 is 0 Å². The first-order valence-electron chi connectivity index (χ1n) is 8.39. The number of hydrogen-bond acceptors (Lipinski definition) is 2. The second-order valence-corrected chi connectivity index (χ2v) is 6.27. The van der Waals surface area contributed by atoms with E-state index in [4.69, 9.17) is 4.42 Å². The van der Waals surface area contributed by atoms with E-state index in [1.165, 1.54) is 11.1 Å². The Balaban J connectivity index is 1.97. The molecule has 0 N–H and O–H groups in total. The highest BCUT2D eigenvalue weighted by molar-refractivity contribution is 5.87. The molecule has 0 fully saturated rings. The van der Waals surface area contributed by atoms with Gasteiger partial charge < -0.3 is 9.32 Å². The fourth-order valence-corrected chi connectivity index (χ4v) is 2.74. The maximum Gasteiger partial charge on any atom is 0.134 e. The zero-order chi connectivity index (χ0) is 17.1. The van der Waals surface area contributed by atoms with Gasteiger partial charge in [-0.25, -0.2) is 4.99 Å². The van der Waals surface area contributed by atoms with Gasteiger partial charge in [-0.05, 0) is 49.6 Å². The van der Waals surface area contributed by atoms with Crippen molar-refractivity contribution in [2.24, 2.45) is 4.99 Å². The first kappa shape index (κ1) is 16.3. The topological polar surface area (TPSA) is 28.7 Å². The van der Waals surface area contributed by atoms with Crippen LogP contribution < -0.4 is 0 Å². The number of furan rings is 1. The first-order valence-corrected chi connectivity index (χ1v) is 8.39. The van der Waals surface area contributed by atoms with E-state index in [1.54, 1.807) is 0 Å². The molecule has 0 amide bonds. The maximum atomic E-state index is 6.12. The molecule has 0 radical (unpaired) electrons. The Labute approximate surface area is 143 Å². The van der Waals surface area contributed by atoms with Crippen molar-refractivity contribution in [2.45, 2.75) is 27.2 Å². The number of aryl methyl sites for hydroxylation is 2. The van der Waals surface area contributed by atoms with Crippen LogP contribution in [0.4, 0.5) is 5.69 Å². The molecule has 0 bridgehead atoms. The van der Waals surface area contributed by atoms with E-state index in [-0.39, 0.29) is 0 Å². The highest BCUT2D eigenvalue weighted by Gasteiger charge is 2.13. The molecule has 0 saturated heterocycles. The van der Waals surface area contributed by atoms with Gasteiger partial charge in [0.1, 0.15) is 11.3 Å². The minimum Gasteiger partial charge on any atom is -0.460 e. The standard InChI is InChI=1S/C21H24N2O/c1-5-23(4)14-22-19-13-18-16(3)20(24-21(18)11-15(19)2)12-17-9-7-6-8-10-17/h6-11,13-14H,5,12H2,1-4H3/b22-14-. The molecule has 0 aliphatic heterocycles. The number of hydrogen-bond donors (Lipinski definition) is 0. The van der Waals surface area contributed by atoms with Crippen LogP contribution in [0.15, 0.2) is 51.9 Å². The molecule has 0 aliphatic rings. The van der Waals surface area contributed by atoms with Gasteiger partial charge in [0.2, 0.25) is 0 Å². The molecule has 1 heterocycles. The molecule has 0 saturated carbocycles. The van der Waals surface area contributed by atoms with Gasteiger partial charge in [0.05, 0.1) is 12.0 Å². The maximum absolute atomic E-state index is 6.12. The van der Waals surface area contributed by atoms with Gasteiger partial charge in [-0.3, -0.25) is 0 Å². The Morgan fingerprint density at radius 3 is 2.58 bits per heavy atom. The minimum atomic E-state index is 0.817. The Kier molecular flexibility index (Phi) is 4.70. The minimum absolute atomic E-state index is 0.817. The van der Waals surface area contributed by atoms with Gasteiger partial charge >= 0.3 is 0 Å². The van der Waals surface area contributed by atoms with E-state index in [0.29, 0.717) is 0 Å². The van der Waals surface area contributed by atoms with Crippen LogP contribution in [0.25, 0.3) is 11.0 Å². The molecule has 0 unspecified atom stereocenters. The van der Waals surface area contributed by atoms with Crippen LogP contribution in [0.2, 0.25) is 0 Å². The summed E-state index contributed by atoms with van der Waals surface area (Å²) in [6, 6.07) is 14.7. The summed E-state index contributed by atoms with van der Waals surface area (Å²) in [5.74, 6) is 1.03.